The highest BCUT2D eigenvalue weighted by molar-refractivity contribution is 7.11. The van der Waals surface area contributed by atoms with Gasteiger partial charge in [0.15, 0.2) is 0 Å². The Morgan fingerprint density at radius 1 is 1.12 bits per heavy atom. The van der Waals surface area contributed by atoms with Gasteiger partial charge in [-0.3, -0.25) is 9.59 Å². The minimum absolute atomic E-state index is 0.189. The predicted octanol–water partition coefficient (Wildman–Crippen LogP) is 3.63. The van der Waals surface area contributed by atoms with Crippen LogP contribution in [0, 0.1) is 6.92 Å². The van der Waals surface area contributed by atoms with Crippen LogP contribution in [0.2, 0.25) is 0 Å². The van der Waals surface area contributed by atoms with Crippen LogP contribution in [0.3, 0.4) is 0 Å². The number of benzene rings is 1. The standard InChI is InChI=1S/C19H22N2O3S/c1-13-10-11-15(25-13)12-20-18(22)19(23)21-16-8-4-5-9-17(16)24-14-6-2-3-7-14/h4-5,8-11,14H,2-3,6-7,12H2,1H3,(H,20,22)(H,21,23). The SMILES string of the molecule is Cc1ccc(CNC(=O)C(=O)Nc2ccccc2OC2CCCC2)s1. The number of amides is 2. The molecule has 0 radical (unpaired) electrons. The molecule has 2 amide bonds. The molecule has 0 saturated heterocycles. The summed E-state index contributed by atoms with van der Waals surface area (Å²) in [5.74, 6) is -0.720. The number of hydrogen-bond acceptors (Lipinski definition) is 4. The van der Waals surface area contributed by atoms with E-state index in [1.807, 2.05) is 37.3 Å². The zero-order valence-electron chi connectivity index (χ0n) is 14.2. The molecule has 1 aromatic carbocycles. The van der Waals surface area contributed by atoms with Gasteiger partial charge in [0.25, 0.3) is 0 Å². The molecule has 1 aliphatic rings. The van der Waals surface area contributed by atoms with E-state index >= 15 is 0 Å². The summed E-state index contributed by atoms with van der Waals surface area (Å²) in [5.41, 5.74) is 0.529. The van der Waals surface area contributed by atoms with Crippen LogP contribution in [0.25, 0.3) is 0 Å². The van der Waals surface area contributed by atoms with Crippen molar-refractivity contribution in [1.82, 2.24) is 5.32 Å². The van der Waals surface area contributed by atoms with E-state index in [9.17, 15) is 9.59 Å². The second kappa shape index (κ2) is 8.16. The smallest absolute Gasteiger partial charge is 0.313 e. The van der Waals surface area contributed by atoms with Gasteiger partial charge in [-0.25, -0.2) is 0 Å². The zero-order valence-corrected chi connectivity index (χ0v) is 15.0. The van der Waals surface area contributed by atoms with Gasteiger partial charge in [0.1, 0.15) is 5.75 Å². The first kappa shape index (κ1) is 17.5. The second-order valence-electron chi connectivity index (χ2n) is 6.17. The van der Waals surface area contributed by atoms with Gasteiger partial charge in [-0.15, -0.1) is 11.3 Å². The topological polar surface area (TPSA) is 67.4 Å². The first-order chi connectivity index (χ1) is 12.1. The molecule has 1 saturated carbocycles. The van der Waals surface area contributed by atoms with Gasteiger partial charge in [0.05, 0.1) is 18.3 Å². The normalized spacial score (nSPS) is 14.3. The van der Waals surface area contributed by atoms with E-state index in [-0.39, 0.29) is 6.10 Å². The first-order valence-electron chi connectivity index (χ1n) is 8.52. The number of ether oxygens (including phenoxy) is 1. The maximum atomic E-state index is 12.2. The van der Waals surface area contributed by atoms with Gasteiger partial charge in [-0.05, 0) is 56.9 Å². The molecule has 2 aromatic rings. The molecule has 1 heterocycles. The van der Waals surface area contributed by atoms with Crippen LogP contribution < -0.4 is 15.4 Å². The van der Waals surface area contributed by atoms with Gasteiger partial charge in [-0.1, -0.05) is 12.1 Å². The fourth-order valence-electron chi connectivity index (χ4n) is 2.87. The number of rotatable bonds is 5. The fourth-order valence-corrected chi connectivity index (χ4v) is 3.70. The quantitative estimate of drug-likeness (QED) is 0.802. The minimum Gasteiger partial charge on any atom is -0.488 e. The number of thiophene rings is 1. The summed E-state index contributed by atoms with van der Waals surface area (Å²) in [4.78, 5) is 26.4. The fraction of sp³-hybridized carbons (Fsp3) is 0.368. The molecular formula is C19H22N2O3S. The highest BCUT2D eigenvalue weighted by atomic mass is 32.1. The molecular weight excluding hydrogens is 336 g/mol. The van der Waals surface area contributed by atoms with Gasteiger partial charge in [0.2, 0.25) is 0 Å². The van der Waals surface area contributed by atoms with Crippen molar-refractivity contribution in [3.63, 3.8) is 0 Å². The Kier molecular flexibility index (Phi) is 5.71. The Balaban J connectivity index is 1.57. The van der Waals surface area contributed by atoms with Gasteiger partial charge >= 0.3 is 11.8 Å². The van der Waals surface area contributed by atoms with E-state index in [1.54, 1.807) is 17.4 Å². The molecule has 1 aromatic heterocycles. The number of nitrogens with one attached hydrogen (secondary N) is 2. The molecule has 0 aliphatic heterocycles. The van der Waals surface area contributed by atoms with E-state index in [0.717, 1.165) is 17.7 Å². The molecule has 0 atom stereocenters. The molecule has 132 valence electrons. The lowest BCUT2D eigenvalue weighted by molar-refractivity contribution is -0.136. The Morgan fingerprint density at radius 2 is 1.88 bits per heavy atom. The van der Waals surface area contributed by atoms with Crippen LogP contribution >= 0.6 is 11.3 Å². The summed E-state index contributed by atoms with van der Waals surface area (Å²) in [6.45, 7) is 2.36. The summed E-state index contributed by atoms with van der Waals surface area (Å²) in [7, 11) is 0. The lowest BCUT2D eigenvalue weighted by Crippen LogP contribution is -2.34. The van der Waals surface area contributed by atoms with E-state index in [2.05, 4.69) is 10.6 Å². The van der Waals surface area contributed by atoms with Crippen LogP contribution in [0.5, 0.6) is 5.75 Å². The molecule has 0 unspecified atom stereocenters. The van der Waals surface area contributed by atoms with Crippen molar-refractivity contribution in [2.75, 3.05) is 5.32 Å². The van der Waals surface area contributed by atoms with Crippen LogP contribution in [0.1, 0.15) is 35.4 Å². The van der Waals surface area contributed by atoms with Crippen LogP contribution in [-0.4, -0.2) is 17.9 Å². The minimum atomic E-state index is -0.684. The summed E-state index contributed by atoms with van der Waals surface area (Å²) < 4.78 is 5.97. The third-order valence-electron chi connectivity index (χ3n) is 4.16. The van der Waals surface area contributed by atoms with Crippen molar-refractivity contribution in [1.29, 1.82) is 0 Å². The zero-order chi connectivity index (χ0) is 17.6. The van der Waals surface area contributed by atoms with Crippen molar-refractivity contribution in [2.45, 2.75) is 45.3 Å². The van der Waals surface area contributed by atoms with Gasteiger partial charge in [0, 0.05) is 9.75 Å². The van der Waals surface area contributed by atoms with E-state index in [0.29, 0.717) is 18.0 Å². The van der Waals surface area contributed by atoms with Crippen molar-refractivity contribution in [3.05, 3.63) is 46.2 Å². The molecule has 0 spiro atoms. The van der Waals surface area contributed by atoms with E-state index < -0.39 is 11.8 Å². The van der Waals surface area contributed by atoms with Crippen molar-refractivity contribution in [2.24, 2.45) is 0 Å². The predicted molar refractivity (Wildman–Crippen MR) is 98.9 cm³/mol. The molecule has 1 aliphatic carbocycles. The third kappa shape index (κ3) is 4.82. The Morgan fingerprint density at radius 3 is 2.60 bits per heavy atom. The number of para-hydroxylation sites is 2. The maximum absolute atomic E-state index is 12.2. The second-order valence-corrected chi connectivity index (χ2v) is 7.54. The average molecular weight is 358 g/mol. The first-order valence-corrected chi connectivity index (χ1v) is 9.33. The maximum Gasteiger partial charge on any atom is 0.313 e. The van der Waals surface area contributed by atoms with E-state index in [1.165, 1.54) is 17.7 Å². The summed E-state index contributed by atoms with van der Waals surface area (Å²) in [6.07, 6.45) is 4.59. The highest BCUT2D eigenvalue weighted by Gasteiger charge is 2.20. The summed E-state index contributed by atoms with van der Waals surface area (Å²) in [5, 5.41) is 5.30. The number of carbonyl (C=O) groups excluding carboxylic acids is 2. The van der Waals surface area contributed by atoms with Crippen molar-refractivity contribution >= 4 is 28.8 Å². The monoisotopic (exact) mass is 358 g/mol. The number of anilines is 1. The Labute approximate surface area is 151 Å². The molecule has 6 heteroatoms. The van der Waals surface area contributed by atoms with Gasteiger partial charge in [-0.2, -0.15) is 0 Å². The van der Waals surface area contributed by atoms with Crippen molar-refractivity contribution < 1.29 is 14.3 Å². The van der Waals surface area contributed by atoms with Gasteiger partial charge < -0.3 is 15.4 Å². The molecule has 25 heavy (non-hydrogen) atoms. The highest BCUT2D eigenvalue weighted by Crippen LogP contribution is 2.29. The largest absolute Gasteiger partial charge is 0.488 e. The average Bonchev–Trinajstić information content (AvgIpc) is 3.26. The summed E-state index contributed by atoms with van der Waals surface area (Å²) >= 11 is 1.60. The Hall–Kier alpha value is -2.34. The lowest BCUT2D eigenvalue weighted by Gasteiger charge is -2.16. The molecule has 3 rings (SSSR count). The molecule has 2 N–H and O–H groups in total. The molecule has 5 nitrogen and oxygen atoms in total. The molecule has 0 bridgehead atoms. The van der Waals surface area contributed by atoms with E-state index in [4.69, 9.17) is 4.74 Å². The Bertz CT molecular complexity index is 751. The van der Waals surface area contributed by atoms with Crippen LogP contribution in [-0.2, 0) is 16.1 Å². The van der Waals surface area contributed by atoms with Crippen LogP contribution in [0.15, 0.2) is 36.4 Å². The number of carbonyl (C=O) groups is 2. The van der Waals surface area contributed by atoms with Crippen LogP contribution in [0.4, 0.5) is 5.69 Å². The number of aryl methyl sites for hydroxylation is 1. The summed E-state index contributed by atoms with van der Waals surface area (Å²) in [6, 6.07) is 11.2. The third-order valence-corrected chi connectivity index (χ3v) is 5.16. The lowest BCUT2D eigenvalue weighted by atomic mass is 10.2. The van der Waals surface area contributed by atoms with Crippen molar-refractivity contribution in [3.8, 4) is 5.75 Å². The number of hydrogen-bond donors (Lipinski definition) is 2. The molecule has 1 fully saturated rings.